The number of aryl methyl sites for hydroxylation is 1. The van der Waals surface area contributed by atoms with Crippen LogP contribution >= 0.6 is 11.8 Å². The van der Waals surface area contributed by atoms with Crippen molar-refractivity contribution in [1.82, 2.24) is 0 Å². The van der Waals surface area contributed by atoms with Crippen molar-refractivity contribution in [1.29, 1.82) is 0 Å². The maximum absolute atomic E-state index is 10.4. The second kappa shape index (κ2) is 9.53. The van der Waals surface area contributed by atoms with Crippen LogP contribution in [0.2, 0.25) is 0 Å². The summed E-state index contributed by atoms with van der Waals surface area (Å²) in [4.78, 5) is 0. The number of benzene rings is 2. The van der Waals surface area contributed by atoms with Gasteiger partial charge in [-0.15, -0.1) is 11.8 Å². The molecule has 166 valence electrons. The third-order valence-electron chi connectivity index (χ3n) is 6.76. The Kier molecular flexibility index (Phi) is 6.56. The van der Waals surface area contributed by atoms with Crippen LogP contribution in [0.4, 0.5) is 0 Å². The van der Waals surface area contributed by atoms with Crippen molar-refractivity contribution < 1.29 is 19.3 Å². The summed E-state index contributed by atoms with van der Waals surface area (Å²) < 4.78 is 17.7. The Morgan fingerprint density at radius 2 is 1.97 bits per heavy atom. The number of hydrogen-bond acceptors (Lipinski definition) is 5. The van der Waals surface area contributed by atoms with Crippen molar-refractivity contribution in [2.45, 2.75) is 62.1 Å². The molecule has 0 spiro atoms. The van der Waals surface area contributed by atoms with Gasteiger partial charge in [-0.2, -0.15) is 0 Å². The van der Waals surface area contributed by atoms with E-state index >= 15 is 0 Å². The molecule has 3 aliphatic rings. The molecule has 1 N–H and O–H groups in total. The van der Waals surface area contributed by atoms with Crippen LogP contribution in [-0.2, 0) is 22.3 Å². The fraction of sp³-hybridized carbons (Fsp3) is 0.538. The standard InChI is InChI=1S/C26H32O4S/c1-31-26-14-22(27)13-25(30-26)19-6-7-23(21-15-28-16-21)20(12-19)11-17-5-8-24-18(10-17)4-2-3-9-29-24/h5-8,10,12,21-22,25-27H,2-4,9,11,13-16H2,1H3. The van der Waals surface area contributed by atoms with Crippen molar-refractivity contribution in [3.05, 3.63) is 64.2 Å². The second-order valence-corrected chi connectivity index (χ2v) is 10.0. The van der Waals surface area contributed by atoms with Crippen LogP contribution < -0.4 is 4.74 Å². The van der Waals surface area contributed by atoms with E-state index in [9.17, 15) is 5.11 Å². The van der Waals surface area contributed by atoms with Crippen LogP contribution in [-0.4, -0.2) is 42.7 Å². The van der Waals surface area contributed by atoms with Crippen LogP contribution in [0.25, 0.3) is 0 Å². The largest absolute Gasteiger partial charge is 0.493 e. The van der Waals surface area contributed by atoms with Crippen molar-refractivity contribution in [3.63, 3.8) is 0 Å². The number of fused-ring (bicyclic) bond motifs is 1. The predicted octanol–water partition coefficient (Wildman–Crippen LogP) is 5.01. The summed E-state index contributed by atoms with van der Waals surface area (Å²) in [5.74, 6) is 1.53. The normalized spacial score (nSPS) is 26.5. The maximum atomic E-state index is 10.4. The minimum absolute atomic E-state index is 0.0490. The summed E-state index contributed by atoms with van der Waals surface area (Å²) in [7, 11) is 0. The molecule has 2 fully saturated rings. The van der Waals surface area contributed by atoms with Gasteiger partial charge in [-0.25, -0.2) is 0 Å². The highest BCUT2D eigenvalue weighted by atomic mass is 32.2. The lowest BCUT2D eigenvalue weighted by atomic mass is 9.86. The molecule has 0 aliphatic carbocycles. The Balaban J connectivity index is 1.43. The van der Waals surface area contributed by atoms with E-state index in [-0.39, 0.29) is 17.6 Å². The zero-order valence-corrected chi connectivity index (χ0v) is 19.0. The molecule has 3 heterocycles. The van der Waals surface area contributed by atoms with Crippen LogP contribution in [0.5, 0.6) is 5.75 Å². The highest BCUT2D eigenvalue weighted by molar-refractivity contribution is 7.99. The summed E-state index contributed by atoms with van der Waals surface area (Å²) in [5, 5.41) is 10.4. The van der Waals surface area contributed by atoms with Crippen molar-refractivity contribution >= 4 is 11.8 Å². The first-order valence-corrected chi connectivity index (χ1v) is 12.8. The van der Waals surface area contributed by atoms with E-state index in [1.807, 2.05) is 6.26 Å². The van der Waals surface area contributed by atoms with E-state index in [1.165, 1.54) is 34.2 Å². The summed E-state index contributed by atoms with van der Waals surface area (Å²) in [6.07, 6.45) is 7.38. The zero-order valence-electron chi connectivity index (χ0n) is 18.2. The zero-order chi connectivity index (χ0) is 21.2. The monoisotopic (exact) mass is 440 g/mol. The molecule has 31 heavy (non-hydrogen) atoms. The van der Waals surface area contributed by atoms with Crippen molar-refractivity contribution in [3.8, 4) is 5.75 Å². The molecule has 0 saturated carbocycles. The van der Waals surface area contributed by atoms with Gasteiger partial charge in [-0.05, 0) is 65.8 Å². The van der Waals surface area contributed by atoms with Gasteiger partial charge in [0.25, 0.3) is 0 Å². The average molecular weight is 441 g/mol. The Morgan fingerprint density at radius 3 is 2.77 bits per heavy atom. The molecular formula is C26H32O4S. The molecule has 3 atom stereocenters. The molecule has 0 bridgehead atoms. The van der Waals surface area contributed by atoms with Gasteiger partial charge in [0.2, 0.25) is 0 Å². The summed E-state index contributed by atoms with van der Waals surface area (Å²) in [6, 6.07) is 13.5. The summed E-state index contributed by atoms with van der Waals surface area (Å²) >= 11 is 1.68. The first-order valence-electron chi connectivity index (χ1n) is 11.5. The Morgan fingerprint density at radius 1 is 1.06 bits per heavy atom. The van der Waals surface area contributed by atoms with E-state index in [2.05, 4.69) is 36.4 Å². The second-order valence-electron chi connectivity index (χ2n) is 9.03. The van der Waals surface area contributed by atoms with Crippen LogP contribution in [0.3, 0.4) is 0 Å². The third kappa shape index (κ3) is 4.80. The minimum atomic E-state index is -0.302. The molecule has 0 aromatic heterocycles. The van der Waals surface area contributed by atoms with E-state index < -0.39 is 0 Å². The lowest BCUT2D eigenvalue weighted by Gasteiger charge is -2.34. The maximum Gasteiger partial charge on any atom is 0.122 e. The van der Waals surface area contributed by atoms with Crippen molar-refractivity contribution in [2.24, 2.45) is 0 Å². The number of thioether (sulfide) groups is 1. The number of hydrogen-bond donors (Lipinski definition) is 1. The number of rotatable bonds is 5. The first kappa shape index (κ1) is 21.3. The number of aliphatic hydroxyl groups is 1. The van der Waals surface area contributed by atoms with Gasteiger partial charge in [0.15, 0.2) is 0 Å². The Labute approximate surface area is 189 Å². The number of aliphatic hydroxyl groups excluding tert-OH is 1. The molecule has 2 aromatic rings. The fourth-order valence-corrected chi connectivity index (χ4v) is 5.58. The van der Waals surface area contributed by atoms with E-state index in [1.54, 1.807) is 11.8 Å². The fourth-order valence-electron chi connectivity index (χ4n) is 4.92. The highest BCUT2D eigenvalue weighted by Gasteiger charge is 2.30. The molecule has 3 aliphatic heterocycles. The van der Waals surface area contributed by atoms with E-state index in [4.69, 9.17) is 14.2 Å². The highest BCUT2D eigenvalue weighted by Crippen LogP contribution is 2.38. The molecular weight excluding hydrogens is 408 g/mol. The van der Waals surface area contributed by atoms with Gasteiger partial charge in [-0.1, -0.05) is 30.3 Å². The molecule has 2 aromatic carbocycles. The molecule has 4 nitrogen and oxygen atoms in total. The lowest BCUT2D eigenvalue weighted by Crippen LogP contribution is -2.29. The average Bonchev–Trinajstić information content (AvgIpc) is 2.98. The molecule has 5 heteroatoms. The first-order chi connectivity index (χ1) is 15.2. The summed E-state index contributed by atoms with van der Waals surface area (Å²) in [5.41, 5.74) is 6.63. The third-order valence-corrected chi connectivity index (χ3v) is 7.59. The van der Waals surface area contributed by atoms with E-state index in [0.717, 1.165) is 44.8 Å². The SMILES string of the molecule is CSC1CC(O)CC(c2ccc(C3COC3)c(Cc3ccc4c(c3)CCCCO4)c2)O1. The topological polar surface area (TPSA) is 47.9 Å². The van der Waals surface area contributed by atoms with Crippen LogP contribution in [0.15, 0.2) is 36.4 Å². The molecule has 5 rings (SSSR count). The van der Waals surface area contributed by atoms with Crippen molar-refractivity contribution in [2.75, 3.05) is 26.1 Å². The molecule has 2 saturated heterocycles. The smallest absolute Gasteiger partial charge is 0.122 e. The molecule has 3 unspecified atom stereocenters. The predicted molar refractivity (Wildman–Crippen MR) is 124 cm³/mol. The van der Waals surface area contributed by atoms with Gasteiger partial charge < -0.3 is 19.3 Å². The quantitative estimate of drug-likeness (QED) is 0.708. The Bertz CT molecular complexity index is 910. The van der Waals surface area contributed by atoms with Gasteiger partial charge in [0.05, 0.1) is 32.0 Å². The van der Waals surface area contributed by atoms with Crippen LogP contribution in [0, 0.1) is 0 Å². The summed E-state index contributed by atoms with van der Waals surface area (Å²) in [6.45, 7) is 2.43. The van der Waals surface area contributed by atoms with Gasteiger partial charge >= 0.3 is 0 Å². The molecule has 0 radical (unpaired) electrons. The minimum Gasteiger partial charge on any atom is -0.493 e. The molecule has 0 amide bonds. The lowest BCUT2D eigenvalue weighted by molar-refractivity contribution is -0.0605. The van der Waals surface area contributed by atoms with Gasteiger partial charge in [0.1, 0.15) is 11.2 Å². The van der Waals surface area contributed by atoms with Gasteiger partial charge in [-0.3, -0.25) is 0 Å². The van der Waals surface area contributed by atoms with Crippen LogP contribution in [0.1, 0.15) is 65.5 Å². The number of ether oxygens (including phenoxy) is 3. The van der Waals surface area contributed by atoms with E-state index in [0.29, 0.717) is 18.8 Å². The van der Waals surface area contributed by atoms with Gasteiger partial charge in [0, 0.05) is 18.8 Å². The Hall–Kier alpha value is -1.53.